The van der Waals surface area contributed by atoms with Gasteiger partial charge in [-0.3, -0.25) is 4.79 Å². The summed E-state index contributed by atoms with van der Waals surface area (Å²) in [6, 6.07) is 12.6. The molecule has 0 aliphatic carbocycles. The van der Waals surface area contributed by atoms with Crippen LogP contribution in [0.15, 0.2) is 48.2 Å². The number of hydrogen-bond donors (Lipinski definition) is 0. The molecule has 5 heteroatoms. The molecule has 0 N–H and O–H groups in total. The third kappa shape index (κ3) is 3.30. The predicted molar refractivity (Wildman–Crippen MR) is 88.1 cm³/mol. The van der Waals surface area contributed by atoms with Crippen LogP contribution in [-0.4, -0.2) is 25.5 Å². The summed E-state index contributed by atoms with van der Waals surface area (Å²) in [5, 5.41) is 0. The number of carbonyl (C=O) groups excluding carboxylic acids is 2. The van der Waals surface area contributed by atoms with E-state index in [0.29, 0.717) is 17.1 Å². The van der Waals surface area contributed by atoms with Crippen LogP contribution in [0.1, 0.15) is 21.5 Å². The summed E-state index contributed by atoms with van der Waals surface area (Å²) in [4.78, 5) is 23.5. The van der Waals surface area contributed by atoms with Gasteiger partial charge < -0.3 is 14.2 Å². The van der Waals surface area contributed by atoms with Crippen LogP contribution in [0.5, 0.6) is 11.5 Å². The molecule has 0 amide bonds. The second-order valence-corrected chi connectivity index (χ2v) is 5.37. The molecule has 24 heavy (non-hydrogen) atoms. The molecular weight excluding hydrogens is 308 g/mol. The monoisotopic (exact) mass is 324 g/mol. The van der Waals surface area contributed by atoms with Gasteiger partial charge in [0.25, 0.3) is 0 Å². The van der Waals surface area contributed by atoms with Crippen LogP contribution in [0.4, 0.5) is 0 Å². The first-order valence-corrected chi connectivity index (χ1v) is 7.41. The van der Waals surface area contributed by atoms with Crippen molar-refractivity contribution in [3.05, 3.63) is 64.9 Å². The number of allylic oxidation sites excluding steroid dienone is 1. The minimum absolute atomic E-state index is 0.176. The Bertz CT molecular complexity index is 818. The van der Waals surface area contributed by atoms with Crippen LogP contribution in [0.25, 0.3) is 6.08 Å². The average molecular weight is 324 g/mol. The smallest absolute Gasteiger partial charge is 0.343 e. The second kappa shape index (κ2) is 6.58. The van der Waals surface area contributed by atoms with Crippen molar-refractivity contribution in [3.8, 4) is 11.5 Å². The minimum Gasteiger partial charge on any atom is -0.482 e. The zero-order chi connectivity index (χ0) is 17.1. The number of aryl methyl sites for hydroxylation is 1. The standard InChI is InChI=1S/C19H16O5/c1-12-3-5-13(6-4-12)9-17-19(21)15-8-7-14(10-16(15)24-17)23-11-18(20)22-2/h3-10H,11H2,1-2H3/b17-9+. The molecule has 0 fully saturated rings. The van der Waals surface area contributed by atoms with Crippen molar-refractivity contribution >= 4 is 17.8 Å². The third-order valence-corrected chi connectivity index (χ3v) is 3.60. The Morgan fingerprint density at radius 2 is 1.92 bits per heavy atom. The van der Waals surface area contributed by atoms with E-state index >= 15 is 0 Å². The quantitative estimate of drug-likeness (QED) is 0.638. The number of esters is 1. The highest BCUT2D eigenvalue weighted by atomic mass is 16.6. The lowest BCUT2D eigenvalue weighted by atomic mass is 10.1. The van der Waals surface area contributed by atoms with Gasteiger partial charge in [-0.15, -0.1) is 0 Å². The zero-order valence-electron chi connectivity index (χ0n) is 13.4. The number of benzene rings is 2. The van der Waals surface area contributed by atoms with Crippen LogP contribution in [0.2, 0.25) is 0 Å². The van der Waals surface area contributed by atoms with E-state index < -0.39 is 5.97 Å². The number of Topliss-reactive ketones (excluding diaryl/α,β-unsaturated/α-hetero) is 1. The normalized spacial score (nSPS) is 14.2. The largest absolute Gasteiger partial charge is 0.482 e. The van der Waals surface area contributed by atoms with E-state index in [2.05, 4.69) is 4.74 Å². The minimum atomic E-state index is -0.479. The molecule has 2 aromatic carbocycles. The van der Waals surface area contributed by atoms with Crippen LogP contribution < -0.4 is 9.47 Å². The lowest BCUT2D eigenvalue weighted by molar-refractivity contribution is -0.142. The van der Waals surface area contributed by atoms with Gasteiger partial charge in [-0.2, -0.15) is 0 Å². The molecule has 1 aliphatic rings. The Labute approximate surface area is 139 Å². The van der Waals surface area contributed by atoms with E-state index in [1.165, 1.54) is 7.11 Å². The first-order valence-electron chi connectivity index (χ1n) is 7.41. The van der Waals surface area contributed by atoms with Gasteiger partial charge in [0.05, 0.1) is 12.7 Å². The SMILES string of the molecule is COC(=O)COc1ccc2c(c1)O/C(=C/c1ccc(C)cc1)C2=O. The number of ketones is 1. The lowest BCUT2D eigenvalue weighted by Gasteiger charge is -2.05. The zero-order valence-corrected chi connectivity index (χ0v) is 13.4. The fraction of sp³-hybridized carbons (Fsp3) is 0.158. The molecule has 0 saturated carbocycles. The number of carbonyl (C=O) groups is 2. The van der Waals surface area contributed by atoms with Crippen LogP contribution >= 0.6 is 0 Å². The van der Waals surface area contributed by atoms with Gasteiger partial charge in [-0.05, 0) is 30.7 Å². The number of ether oxygens (including phenoxy) is 3. The molecule has 3 rings (SSSR count). The number of hydrogen-bond acceptors (Lipinski definition) is 5. The van der Waals surface area contributed by atoms with Crippen molar-refractivity contribution in [2.24, 2.45) is 0 Å². The van der Waals surface area contributed by atoms with Crippen molar-refractivity contribution in [1.82, 2.24) is 0 Å². The Kier molecular flexibility index (Phi) is 4.33. The third-order valence-electron chi connectivity index (χ3n) is 3.60. The van der Waals surface area contributed by atoms with Crippen LogP contribution in [0, 0.1) is 6.92 Å². The van der Waals surface area contributed by atoms with E-state index in [9.17, 15) is 9.59 Å². The van der Waals surface area contributed by atoms with Gasteiger partial charge in [0, 0.05) is 6.07 Å². The molecule has 122 valence electrons. The molecule has 0 spiro atoms. The Morgan fingerprint density at radius 1 is 1.17 bits per heavy atom. The number of rotatable bonds is 4. The van der Waals surface area contributed by atoms with Crippen LogP contribution in [-0.2, 0) is 9.53 Å². The van der Waals surface area contributed by atoms with Crippen molar-refractivity contribution in [2.75, 3.05) is 13.7 Å². The van der Waals surface area contributed by atoms with Crippen molar-refractivity contribution < 1.29 is 23.8 Å². The fourth-order valence-electron chi connectivity index (χ4n) is 2.27. The molecule has 1 heterocycles. The van der Waals surface area contributed by atoms with Gasteiger partial charge in [-0.1, -0.05) is 29.8 Å². The van der Waals surface area contributed by atoms with Gasteiger partial charge in [0.15, 0.2) is 12.4 Å². The highest BCUT2D eigenvalue weighted by Gasteiger charge is 2.27. The first kappa shape index (κ1) is 15.8. The summed E-state index contributed by atoms with van der Waals surface area (Å²) in [5.74, 6) is 0.459. The Morgan fingerprint density at radius 3 is 2.62 bits per heavy atom. The Balaban J connectivity index is 1.79. The molecule has 0 atom stereocenters. The van der Waals surface area contributed by atoms with Gasteiger partial charge >= 0.3 is 5.97 Å². The Hall–Kier alpha value is -3.08. The highest BCUT2D eigenvalue weighted by Crippen LogP contribution is 2.34. The maximum atomic E-state index is 12.4. The summed E-state index contributed by atoms with van der Waals surface area (Å²) in [7, 11) is 1.29. The van der Waals surface area contributed by atoms with Crippen LogP contribution in [0.3, 0.4) is 0 Å². The molecule has 0 unspecified atom stereocenters. The van der Waals surface area contributed by atoms with E-state index in [1.807, 2.05) is 31.2 Å². The van der Waals surface area contributed by atoms with Crippen molar-refractivity contribution in [2.45, 2.75) is 6.92 Å². The van der Waals surface area contributed by atoms with Crippen molar-refractivity contribution in [1.29, 1.82) is 0 Å². The lowest BCUT2D eigenvalue weighted by Crippen LogP contribution is -2.12. The molecule has 0 bridgehead atoms. The van der Waals surface area contributed by atoms with E-state index in [4.69, 9.17) is 9.47 Å². The van der Waals surface area contributed by atoms with E-state index in [0.717, 1.165) is 11.1 Å². The number of methoxy groups -OCH3 is 1. The van der Waals surface area contributed by atoms with Gasteiger partial charge in [0.1, 0.15) is 11.5 Å². The number of fused-ring (bicyclic) bond motifs is 1. The van der Waals surface area contributed by atoms with E-state index in [1.54, 1.807) is 24.3 Å². The first-order chi connectivity index (χ1) is 11.6. The van der Waals surface area contributed by atoms with Gasteiger partial charge in [0.2, 0.25) is 5.78 Å². The molecule has 0 saturated heterocycles. The fourth-order valence-corrected chi connectivity index (χ4v) is 2.27. The molecule has 0 aromatic heterocycles. The topological polar surface area (TPSA) is 61.8 Å². The summed E-state index contributed by atoms with van der Waals surface area (Å²) in [5.41, 5.74) is 2.50. The van der Waals surface area contributed by atoms with Crippen molar-refractivity contribution in [3.63, 3.8) is 0 Å². The van der Waals surface area contributed by atoms with Gasteiger partial charge in [-0.25, -0.2) is 4.79 Å². The molecule has 2 aromatic rings. The maximum Gasteiger partial charge on any atom is 0.343 e. The summed E-state index contributed by atoms with van der Waals surface area (Å²) >= 11 is 0. The maximum absolute atomic E-state index is 12.4. The van der Waals surface area contributed by atoms with E-state index in [-0.39, 0.29) is 18.1 Å². The summed E-state index contributed by atoms with van der Waals surface area (Å²) in [6.07, 6.45) is 1.71. The summed E-state index contributed by atoms with van der Waals surface area (Å²) < 4.78 is 15.5. The molecule has 1 aliphatic heterocycles. The second-order valence-electron chi connectivity index (χ2n) is 5.37. The average Bonchev–Trinajstić information content (AvgIpc) is 2.90. The highest BCUT2D eigenvalue weighted by molar-refractivity contribution is 6.14. The molecule has 5 nitrogen and oxygen atoms in total. The predicted octanol–water partition coefficient (Wildman–Crippen LogP) is 3.16. The molecule has 0 radical (unpaired) electrons. The molecular formula is C19H16O5. The summed E-state index contributed by atoms with van der Waals surface area (Å²) in [6.45, 7) is 1.80.